The Hall–Kier alpha value is -1.73. The summed E-state index contributed by atoms with van der Waals surface area (Å²) in [6.45, 7) is 7.24. The lowest BCUT2D eigenvalue weighted by atomic mass is 10.1. The van der Waals surface area contributed by atoms with E-state index in [-0.39, 0.29) is 18.8 Å². The van der Waals surface area contributed by atoms with Crippen molar-refractivity contribution in [2.75, 3.05) is 6.54 Å². The normalized spacial score (nSPS) is 14.4. The smallest absolute Gasteiger partial charge is 0.407 e. The van der Waals surface area contributed by atoms with Gasteiger partial charge in [0, 0.05) is 18.4 Å². The van der Waals surface area contributed by atoms with Gasteiger partial charge in [-0.05, 0) is 40.2 Å². The maximum atomic E-state index is 11.4. The Labute approximate surface area is 124 Å². The quantitative estimate of drug-likeness (QED) is 0.751. The molecule has 0 spiro atoms. The number of aliphatic hydroxyl groups excluding tert-OH is 2. The summed E-state index contributed by atoms with van der Waals surface area (Å²) in [5.74, 6) is 0.166. The number of rotatable bonds is 5. The SMILES string of the molecule is Cc1ccnc(C(O)C(O)CCNC(=O)OC(C)(C)C)n1. The van der Waals surface area contributed by atoms with E-state index in [2.05, 4.69) is 15.3 Å². The van der Waals surface area contributed by atoms with E-state index in [1.807, 2.05) is 0 Å². The number of carbonyl (C=O) groups is 1. The third-order valence-electron chi connectivity index (χ3n) is 2.55. The molecule has 1 aromatic heterocycles. The van der Waals surface area contributed by atoms with Gasteiger partial charge in [0.15, 0.2) is 5.82 Å². The third kappa shape index (κ3) is 6.50. The van der Waals surface area contributed by atoms with E-state index in [1.54, 1.807) is 33.8 Å². The summed E-state index contributed by atoms with van der Waals surface area (Å²) >= 11 is 0. The lowest BCUT2D eigenvalue weighted by molar-refractivity contribution is 0.00726. The third-order valence-corrected chi connectivity index (χ3v) is 2.55. The molecule has 7 heteroatoms. The Kier molecular flexibility index (Phi) is 6.04. The van der Waals surface area contributed by atoms with Crippen LogP contribution in [0.4, 0.5) is 4.79 Å². The Morgan fingerprint density at radius 1 is 1.43 bits per heavy atom. The van der Waals surface area contributed by atoms with Crippen LogP contribution in [0.1, 0.15) is 44.8 Å². The second-order valence-corrected chi connectivity index (χ2v) is 5.79. The number of aliphatic hydroxyl groups is 2. The van der Waals surface area contributed by atoms with Crippen molar-refractivity contribution in [3.05, 3.63) is 23.8 Å². The summed E-state index contributed by atoms with van der Waals surface area (Å²) < 4.78 is 5.06. The summed E-state index contributed by atoms with van der Waals surface area (Å²) in [6, 6.07) is 1.70. The van der Waals surface area contributed by atoms with Gasteiger partial charge < -0.3 is 20.3 Å². The minimum Gasteiger partial charge on any atom is -0.444 e. The zero-order valence-electron chi connectivity index (χ0n) is 12.8. The number of alkyl carbamates (subject to hydrolysis) is 1. The summed E-state index contributed by atoms with van der Waals surface area (Å²) in [5.41, 5.74) is 0.135. The minimum atomic E-state index is -1.19. The van der Waals surface area contributed by atoms with Crippen LogP contribution in [0.5, 0.6) is 0 Å². The Morgan fingerprint density at radius 2 is 2.10 bits per heavy atom. The first-order valence-electron chi connectivity index (χ1n) is 6.81. The number of carbonyl (C=O) groups excluding carboxylic acids is 1. The summed E-state index contributed by atoms with van der Waals surface area (Å²) in [5, 5.41) is 22.3. The number of hydrogen-bond donors (Lipinski definition) is 3. The Bertz CT molecular complexity index is 474. The molecular formula is C14H23N3O4. The van der Waals surface area contributed by atoms with Crippen molar-refractivity contribution >= 4 is 6.09 Å². The largest absolute Gasteiger partial charge is 0.444 e. The average molecular weight is 297 g/mol. The number of ether oxygens (including phenoxy) is 1. The minimum absolute atomic E-state index is 0.164. The van der Waals surface area contributed by atoms with E-state index in [1.165, 1.54) is 6.20 Å². The second-order valence-electron chi connectivity index (χ2n) is 5.79. The molecule has 3 N–H and O–H groups in total. The van der Waals surface area contributed by atoms with Gasteiger partial charge in [-0.2, -0.15) is 0 Å². The van der Waals surface area contributed by atoms with Crippen LogP contribution in [0.15, 0.2) is 12.3 Å². The number of aromatic nitrogens is 2. The molecule has 1 heterocycles. The first-order chi connectivity index (χ1) is 9.69. The zero-order chi connectivity index (χ0) is 16.0. The molecule has 0 aliphatic heterocycles. The van der Waals surface area contributed by atoms with Crippen LogP contribution < -0.4 is 5.32 Å². The van der Waals surface area contributed by atoms with Crippen molar-refractivity contribution in [1.82, 2.24) is 15.3 Å². The summed E-state index contributed by atoms with van der Waals surface area (Å²) in [6.07, 6.45) is -1.13. The van der Waals surface area contributed by atoms with Crippen LogP contribution in [-0.2, 0) is 4.74 Å². The van der Waals surface area contributed by atoms with Gasteiger partial charge in [0.25, 0.3) is 0 Å². The van der Waals surface area contributed by atoms with Gasteiger partial charge in [-0.3, -0.25) is 0 Å². The monoisotopic (exact) mass is 297 g/mol. The molecule has 0 aliphatic rings. The van der Waals surface area contributed by atoms with Crippen LogP contribution in [0.2, 0.25) is 0 Å². The molecule has 0 radical (unpaired) electrons. The van der Waals surface area contributed by atoms with Gasteiger partial charge in [-0.25, -0.2) is 14.8 Å². The van der Waals surface area contributed by atoms with Gasteiger partial charge >= 0.3 is 6.09 Å². The van der Waals surface area contributed by atoms with Crippen molar-refractivity contribution in [2.24, 2.45) is 0 Å². The van der Waals surface area contributed by atoms with Crippen molar-refractivity contribution in [2.45, 2.75) is 51.9 Å². The lowest BCUT2D eigenvalue weighted by Gasteiger charge is -2.20. The van der Waals surface area contributed by atoms with Crippen molar-refractivity contribution in [3.8, 4) is 0 Å². The predicted octanol–water partition coefficient (Wildman–Crippen LogP) is 1.09. The molecular weight excluding hydrogens is 274 g/mol. The van der Waals surface area contributed by atoms with Crippen molar-refractivity contribution in [1.29, 1.82) is 0 Å². The zero-order valence-corrected chi connectivity index (χ0v) is 12.8. The molecule has 118 valence electrons. The van der Waals surface area contributed by atoms with Crippen molar-refractivity contribution in [3.63, 3.8) is 0 Å². The van der Waals surface area contributed by atoms with Gasteiger partial charge in [-0.15, -0.1) is 0 Å². The standard InChI is InChI=1S/C14H23N3O4/c1-9-5-7-15-12(17-9)11(19)10(18)6-8-16-13(20)21-14(2,3)4/h5,7,10-11,18-19H,6,8H2,1-4H3,(H,16,20). The molecule has 21 heavy (non-hydrogen) atoms. The topological polar surface area (TPSA) is 105 Å². The number of aryl methyl sites for hydroxylation is 1. The molecule has 0 bridgehead atoms. The fourth-order valence-electron chi connectivity index (χ4n) is 1.58. The molecule has 1 rings (SSSR count). The molecule has 0 aliphatic carbocycles. The Balaban J connectivity index is 2.40. The van der Waals surface area contributed by atoms with Crippen molar-refractivity contribution < 1.29 is 19.7 Å². The van der Waals surface area contributed by atoms with Gasteiger partial charge in [0.2, 0.25) is 0 Å². The molecule has 2 atom stereocenters. The maximum Gasteiger partial charge on any atom is 0.407 e. The molecule has 1 aromatic rings. The number of amides is 1. The highest BCUT2D eigenvalue weighted by molar-refractivity contribution is 5.67. The summed E-state index contributed by atoms with van der Waals surface area (Å²) in [4.78, 5) is 19.4. The Morgan fingerprint density at radius 3 is 2.67 bits per heavy atom. The van der Waals surface area contributed by atoms with E-state index in [0.717, 1.165) is 0 Å². The van der Waals surface area contributed by atoms with E-state index >= 15 is 0 Å². The van der Waals surface area contributed by atoms with E-state index < -0.39 is 23.9 Å². The van der Waals surface area contributed by atoms with E-state index in [4.69, 9.17) is 4.74 Å². The molecule has 0 fully saturated rings. The molecule has 2 unspecified atom stereocenters. The van der Waals surface area contributed by atoms with Crippen LogP contribution >= 0.6 is 0 Å². The first kappa shape index (κ1) is 17.3. The average Bonchev–Trinajstić information content (AvgIpc) is 2.35. The van der Waals surface area contributed by atoms with Crippen LogP contribution in [0, 0.1) is 6.92 Å². The van der Waals surface area contributed by atoms with Crippen LogP contribution in [0.25, 0.3) is 0 Å². The number of hydrogen-bond acceptors (Lipinski definition) is 6. The fourth-order valence-corrected chi connectivity index (χ4v) is 1.58. The molecule has 0 saturated carbocycles. The highest BCUT2D eigenvalue weighted by Crippen LogP contribution is 2.14. The first-order valence-corrected chi connectivity index (χ1v) is 6.81. The molecule has 0 aromatic carbocycles. The number of nitrogens with one attached hydrogen (secondary N) is 1. The molecule has 0 saturated heterocycles. The van der Waals surface area contributed by atoms with Gasteiger partial charge in [-0.1, -0.05) is 0 Å². The van der Waals surface area contributed by atoms with Gasteiger partial charge in [0.05, 0.1) is 6.10 Å². The fraction of sp³-hybridized carbons (Fsp3) is 0.643. The molecule has 1 amide bonds. The maximum absolute atomic E-state index is 11.4. The lowest BCUT2D eigenvalue weighted by Crippen LogP contribution is -2.34. The van der Waals surface area contributed by atoms with Crippen LogP contribution in [-0.4, -0.2) is 44.5 Å². The van der Waals surface area contributed by atoms with E-state index in [9.17, 15) is 15.0 Å². The van der Waals surface area contributed by atoms with Crippen LogP contribution in [0.3, 0.4) is 0 Å². The van der Waals surface area contributed by atoms with Gasteiger partial charge in [0.1, 0.15) is 11.7 Å². The second kappa shape index (κ2) is 7.33. The predicted molar refractivity (Wildman–Crippen MR) is 76.6 cm³/mol. The van der Waals surface area contributed by atoms with E-state index in [0.29, 0.717) is 5.69 Å². The highest BCUT2D eigenvalue weighted by Gasteiger charge is 2.21. The molecule has 7 nitrogen and oxygen atoms in total. The summed E-state index contributed by atoms with van der Waals surface area (Å²) in [7, 11) is 0. The highest BCUT2D eigenvalue weighted by atomic mass is 16.6. The number of nitrogens with zero attached hydrogens (tertiary/aromatic N) is 2.